The van der Waals surface area contributed by atoms with Gasteiger partial charge in [0.2, 0.25) is 0 Å². The van der Waals surface area contributed by atoms with Crippen LogP contribution in [0.5, 0.6) is 0 Å². The molecule has 0 heterocycles. The van der Waals surface area contributed by atoms with Crippen molar-refractivity contribution < 1.29 is 9.53 Å². The zero-order chi connectivity index (χ0) is 13.5. The van der Waals surface area contributed by atoms with Crippen molar-refractivity contribution in [2.24, 2.45) is 0 Å². The van der Waals surface area contributed by atoms with Crippen molar-refractivity contribution in [2.45, 2.75) is 52.1 Å². The fraction of sp³-hybridized carbons (Fsp3) is 0.923. The summed E-state index contributed by atoms with van der Waals surface area (Å²) >= 11 is 0. The maximum atomic E-state index is 11.8. The largest absolute Gasteiger partial charge is 0.468 e. The molecule has 4 nitrogen and oxygen atoms in total. The van der Waals surface area contributed by atoms with Gasteiger partial charge >= 0.3 is 5.97 Å². The topological polar surface area (TPSA) is 41.6 Å². The Morgan fingerprint density at radius 3 is 2.47 bits per heavy atom. The summed E-state index contributed by atoms with van der Waals surface area (Å²) < 4.78 is 4.87. The number of carbonyl (C=O) groups excluding carboxylic acids is 1. The molecule has 1 N–H and O–H groups in total. The third-order valence-electron chi connectivity index (χ3n) is 3.51. The molecule has 0 aliphatic carbocycles. The number of likely N-dealkylation sites (N-methyl/N-ethyl adjacent to an activating group) is 1. The summed E-state index contributed by atoms with van der Waals surface area (Å²) in [4.78, 5) is 14.0. The predicted molar refractivity (Wildman–Crippen MR) is 71.1 cm³/mol. The first-order chi connectivity index (χ1) is 7.91. The highest BCUT2D eigenvalue weighted by atomic mass is 16.5. The molecule has 0 aromatic rings. The third kappa shape index (κ3) is 5.04. The second-order valence-corrected chi connectivity index (χ2v) is 4.84. The van der Waals surface area contributed by atoms with E-state index < -0.39 is 5.54 Å². The van der Waals surface area contributed by atoms with Crippen LogP contribution in [0, 0.1) is 0 Å². The van der Waals surface area contributed by atoms with Gasteiger partial charge in [-0.05, 0) is 40.3 Å². The SMILES string of the molecule is CCNC(C)(CCN(C)C(C)CC)C(=O)OC. The van der Waals surface area contributed by atoms with Crippen molar-refractivity contribution in [1.29, 1.82) is 0 Å². The lowest BCUT2D eigenvalue weighted by atomic mass is 9.97. The summed E-state index contributed by atoms with van der Waals surface area (Å²) in [5.41, 5.74) is -0.578. The highest BCUT2D eigenvalue weighted by molar-refractivity contribution is 5.80. The zero-order valence-corrected chi connectivity index (χ0v) is 12.2. The third-order valence-corrected chi connectivity index (χ3v) is 3.51. The summed E-state index contributed by atoms with van der Waals surface area (Å²) in [6.45, 7) is 9.92. The Morgan fingerprint density at radius 2 is 2.06 bits per heavy atom. The van der Waals surface area contributed by atoms with Crippen LogP contribution < -0.4 is 5.32 Å². The molecular weight excluding hydrogens is 216 g/mol. The van der Waals surface area contributed by atoms with E-state index in [4.69, 9.17) is 4.74 Å². The quantitative estimate of drug-likeness (QED) is 0.659. The van der Waals surface area contributed by atoms with E-state index in [1.165, 1.54) is 7.11 Å². The van der Waals surface area contributed by atoms with Gasteiger partial charge in [-0.3, -0.25) is 4.79 Å². The van der Waals surface area contributed by atoms with Crippen molar-refractivity contribution in [2.75, 3.05) is 27.2 Å². The van der Waals surface area contributed by atoms with Crippen LogP contribution in [0.2, 0.25) is 0 Å². The number of hydrogen-bond acceptors (Lipinski definition) is 4. The van der Waals surface area contributed by atoms with Crippen molar-refractivity contribution in [3.05, 3.63) is 0 Å². The summed E-state index contributed by atoms with van der Waals surface area (Å²) in [6.07, 6.45) is 1.88. The minimum absolute atomic E-state index is 0.183. The molecule has 2 unspecified atom stereocenters. The Labute approximate surface area is 106 Å². The smallest absolute Gasteiger partial charge is 0.325 e. The average molecular weight is 244 g/mol. The Kier molecular flexibility index (Phi) is 7.39. The van der Waals surface area contributed by atoms with E-state index in [2.05, 4.69) is 31.1 Å². The van der Waals surface area contributed by atoms with Crippen LogP contribution in [0.15, 0.2) is 0 Å². The molecule has 102 valence electrons. The van der Waals surface area contributed by atoms with Gasteiger partial charge in [-0.1, -0.05) is 13.8 Å². The van der Waals surface area contributed by atoms with Gasteiger partial charge in [-0.15, -0.1) is 0 Å². The standard InChI is InChI=1S/C13H28N2O2/c1-7-11(3)15(5)10-9-13(4,14-8-2)12(16)17-6/h11,14H,7-10H2,1-6H3. The molecule has 0 radical (unpaired) electrons. The van der Waals surface area contributed by atoms with Gasteiger partial charge in [-0.25, -0.2) is 0 Å². The van der Waals surface area contributed by atoms with Crippen LogP contribution in [0.1, 0.15) is 40.5 Å². The van der Waals surface area contributed by atoms with E-state index in [-0.39, 0.29) is 5.97 Å². The highest BCUT2D eigenvalue weighted by Gasteiger charge is 2.33. The molecule has 0 saturated heterocycles. The van der Waals surface area contributed by atoms with Gasteiger partial charge in [0.05, 0.1) is 7.11 Å². The van der Waals surface area contributed by atoms with Crippen molar-refractivity contribution >= 4 is 5.97 Å². The summed E-state index contributed by atoms with van der Waals surface area (Å²) in [5.74, 6) is -0.183. The summed E-state index contributed by atoms with van der Waals surface area (Å²) in [6, 6.07) is 0.540. The molecule has 0 amide bonds. The van der Waals surface area contributed by atoms with Gasteiger partial charge in [0, 0.05) is 12.6 Å². The number of nitrogens with one attached hydrogen (secondary N) is 1. The van der Waals surface area contributed by atoms with Gasteiger partial charge in [0.25, 0.3) is 0 Å². The van der Waals surface area contributed by atoms with Crippen LogP contribution in [0.4, 0.5) is 0 Å². The highest BCUT2D eigenvalue weighted by Crippen LogP contribution is 2.14. The summed E-state index contributed by atoms with van der Waals surface area (Å²) in [7, 11) is 3.54. The number of hydrogen-bond donors (Lipinski definition) is 1. The maximum absolute atomic E-state index is 11.8. The molecule has 0 aliphatic heterocycles. The number of carbonyl (C=O) groups is 1. The zero-order valence-electron chi connectivity index (χ0n) is 12.2. The summed E-state index contributed by atoms with van der Waals surface area (Å²) in [5, 5.41) is 3.22. The molecule has 0 bridgehead atoms. The monoisotopic (exact) mass is 244 g/mol. The second-order valence-electron chi connectivity index (χ2n) is 4.84. The Balaban J connectivity index is 4.41. The van der Waals surface area contributed by atoms with E-state index in [1.807, 2.05) is 13.8 Å². The van der Waals surface area contributed by atoms with E-state index >= 15 is 0 Å². The Hall–Kier alpha value is -0.610. The lowest BCUT2D eigenvalue weighted by Gasteiger charge is -2.31. The lowest BCUT2D eigenvalue weighted by molar-refractivity contribution is -0.148. The van der Waals surface area contributed by atoms with Crippen LogP contribution in [-0.2, 0) is 9.53 Å². The van der Waals surface area contributed by atoms with E-state index in [1.54, 1.807) is 0 Å². The minimum atomic E-state index is -0.578. The number of esters is 1. The molecule has 4 heteroatoms. The average Bonchev–Trinajstić information content (AvgIpc) is 2.34. The number of methoxy groups -OCH3 is 1. The normalized spacial score (nSPS) is 16.6. The molecule has 0 saturated carbocycles. The predicted octanol–water partition coefficient (Wildman–Crippen LogP) is 1.65. The van der Waals surface area contributed by atoms with Crippen molar-refractivity contribution in [3.63, 3.8) is 0 Å². The van der Waals surface area contributed by atoms with Crippen LogP contribution in [0.3, 0.4) is 0 Å². The second kappa shape index (κ2) is 7.67. The van der Waals surface area contributed by atoms with E-state index in [0.29, 0.717) is 6.04 Å². The Bertz CT molecular complexity index is 233. The molecule has 0 aliphatic rings. The molecule has 0 spiro atoms. The molecule has 0 rings (SSSR count). The molecule has 0 fully saturated rings. The van der Waals surface area contributed by atoms with Crippen molar-refractivity contribution in [1.82, 2.24) is 10.2 Å². The molecular formula is C13H28N2O2. The van der Waals surface area contributed by atoms with Crippen LogP contribution in [-0.4, -0.2) is 49.7 Å². The fourth-order valence-corrected chi connectivity index (χ4v) is 1.81. The number of rotatable bonds is 8. The first-order valence-electron chi connectivity index (χ1n) is 6.45. The van der Waals surface area contributed by atoms with Crippen molar-refractivity contribution in [3.8, 4) is 0 Å². The maximum Gasteiger partial charge on any atom is 0.325 e. The van der Waals surface area contributed by atoms with Gasteiger partial charge in [-0.2, -0.15) is 0 Å². The number of ether oxygens (including phenoxy) is 1. The number of nitrogens with zero attached hydrogens (tertiary/aromatic N) is 1. The first kappa shape index (κ1) is 16.4. The van der Waals surface area contributed by atoms with Crippen LogP contribution >= 0.6 is 0 Å². The van der Waals surface area contributed by atoms with E-state index in [9.17, 15) is 4.79 Å². The minimum Gasteiger partial charge on any atom is -0.468 e. The molecule has 0 aromatic carbocycles. The van der Waals surface area contributed by atoms with Gasteiger partial charge in [0.15, 0.2) is 0 Å². The first-order valence-corrected chi connectivity index (χ1v) is 6.45. The lowest BCUT2D eigenvalue weighted by Crippen LogP contribution is -2.52. The molecule has 0 aromatic heterocycles. The van der Waals surface area contributed by atoms with E-state index in [0.717, 1.165) is 25.9 Å². The van der Waals surface area contributed by atoms with Crippen LogP contribution in [0.25, 0.3) is 0 Å². The Morgan fingerprint density at radius 1 is 1.47 bits per heavy atom. The molecule has 17 heavy (non-hydrogen) atoms. The fourth-order valence-electron chi connectivity index (χ4n) is 1.81. The van der Waals surface area contributed by atoms with Gasteiger partial charge in [0.1, 0.15) is 5.54 Å². The van der Waals surface area contributed by atoms with Gasteiger partial charge < -0.3 is 15.0 Å². The molecule has 2 atom stereocenters.